The van der Waals surface area contributed by atoms with E-state index in [2.05, 4.69) is 15.9 Å². The molecule has 2 aromatic rings. The van der Waals surface area contributed by atoms with Gasteiger partial charge in [0.1, 0.15) is 10.6 Å². The van der Waals surface area contributed by atoms with Gasteiger partial charge in [-0.05, 0) is 62.4 Å². The molecular weight excluding hydrogens is 397 g/mol. The van der Waals surface area contributed by atoms with Crippen LogP contribution in [0.15, 0.2) is 57.9 Å². The smallest absolute Gasteiger partial charge is 0.247 e. The molecule has 24 heavy (non-hydrogen) atoms. The first-order chi connectivity index (χ1) is 11.1. The van der Waals surface area contributed by atoms with Crippen LogP contribution in [0.5, 0.6) is 0 Å². The summed E-state index contributed by atoms with van der Waals surface area (Å²) in [5.41, 5.74) is 0.417. The minimum atomic E-state index is -3.90. The zero-order valence-corrected chi connectivity index (χ0v) is 15.9. The number of benzene rings is 2. The number of halogens is 2. The van der Waals surface area contributed by atoms with Gasteiger partial charge in [-0.15, -0.1) is 0 Å². The van der Waals surface area contributed by atoms with E-state index in [1.807, 2.05) is 0 Å². The van der Waals surface area contributed by atoms with E-state index in [0.717, 1.165) is 4.47 Å². The number of carbonyl (C=O) groups excluding carboxylic acids is 1. The Labute approximate surface area is 149 Å². The molecule has 0 aliphatic rings. The van der Waals surface area contributed by atoms with Crippen LogP contribution < -0.4 is 4.90 Å². The van der Waals surface area contributed by atoms with E-state index < -0.39 is 26.3 Å². The summed E-state index contributed by atoms with van der Waals surface area (Å²) >= 11 is 3.25. The molecule has 0 saturated carbocycles. The topological polar surface area (TPSA) is 54.5 Å². The highest BCUT2D eigenvalue weighted by Crippen LogP contribution is 2.29. The Hall–Kier alpha value is -1.73. The molecule has 0 heterocycles. The van der Waals surface area contributed by atoms with Crippen molar-refractivity contribution in [2.24, 2.45) is 0 Å². The molecular formula is C17H17BrFNO3S. The largest absolute Gasteiger partial charge is 0.314 e. The second kappa shape index (κ2) is 6.64. The van der Waals surface area contributed by atoms with Crippen LogP contribution in [-0.4, -0.2) is 26.1 Å². The lowest BCUT2D eigenvalue weighted by atomic mass is 10.1. The molecule has 7 heteroatoms. The Morgan fingerprint density at radius 3 is 2.04 bits per heavy atom. The van der Waals surface area contributed by atoms with Crippen LogP contribution in [0.4, 0.5) is 10.1 Å². The van der Waals surface area contributed by atoms with E-state index in [9.17, 15) is 17.6 Å². The van der Waals surface area contributed by atoms with Gasteiger partial charge in [0.2, 0.25) is 5.91 Å². The fraction of sp³-hybridized carbons (Fsp3) is 0.235. The monoisotopic (exact) mass is 413 g/mol. The maximum absolute atomic E-state index is 13.0. The fourth-order valence-electron chi connectivity index (χ4n) is 2.21. The highest BCUT2D eigenvalue weighted by molar-refractivity contribution is 9.10. The third-order valence-corrected chi connectivity index (χ3v) is 6.77. The van der Waals surface area contributed by atoms with Gasteiger partial charge in [-0.25, -0.2) is 12.8 Å². The molecule has 1 amide bonds. The summed E-state index contributed by atoms with van der Waals surface area (Å²) in [6, 6.07) is 11.4. The third-order valence-electron chi connectivity index (χ3n) is 3.83. The molecule has 0 N–H and O–H groups in total. The number of anilines is 1. The molecule has 0 fully saturated rings. The van der Waals surface area contributed by atoms with Gasteiger partial charge in [0.05, 0.1) is 4.90 Å². The summed E-state index contributed by atoms with van der Waals surface area (Å²) in [6.07, 6.45) is 0. The van der Waals surface area contributed by atoms with Gasteiger partial charge in [0, 0.05) is 17.2 Å². The van der Waals surface area contributed by atoms with Crippen molar-refractivity contribution in [2.75, 3.05) is 11.9 Å². The summed E-state index contributed by atoms with van der Waals surface area (Å²) in [4.78, 5) is 14.1. The van der Waals surface area contributed by atoms with Crippen LogP contribution >= 0.6 is 15.9 Å². The molecule has 0 bridgehead atoms. The molecule has 0 saturated heterocycles. The maximum atomic E-state index is 13.0. The second-order valence-corrected chi connectivity index (χ2v) is 9.22. The van der Waals surface area contributed by atoms with Crippen molar-refractivity contribution in [1.82, 2.24) is 0 Å². The first-order valence-corrected chi connectivity index (χ1v) is 9.39. The van der Waals surface area contributed by atoms with Gasteiger partial charge < -0.3 is 4.90 Å². The standard InChI is InChI=1S/C17H17BrFNO3S/c1-17(2,24(22,23)15-10-4-12(18)5-11-15)16(21)20(3)14-8-6-13(19)7-9-14/h4-11H,1-3H3. The first-order valence-electron chi connectivity index (χ1n) is 7.11. The average molecular weight is 414 g/mol. The molecule has 0 aromatic heterocycles. The van der Waals surface area contributed by atoms with Gasteiger partial charge in [0.25, 0.3) is 0 Å². The van der Waals surface area contributed by atoms with Crippen LogP contribution in [0.2, 0.25) is 0 Å². The minimum absolute atomic E-state index is 0.0663. The lowest BCUT2D eigenvalue weighted by Gasteiger charge is -2.29. The van der Waals surface area contributed by atoms with Gasteiger partial charge in [-0.1, -0.05) is 15.9 Å². The third kappa shape index (κ3) is 3.37. The van der Waals surface area contributed by atoms with Crippen molar-refractivity contribution in [1.29, 1.82) is 0 Å². The van der Waals surface area contributed by atoms with E-state index >= 15 is 0 Å². The second-order valence-electron chi connectivity index (χ2n) is 5.81. The van der Waals surface area contributed by atoms with Crippen LogP contribution in [0.1, 0.15) is 13.8 Å². The van der Waals surface area contributed by atoms with E-state index in [-0.39, 0.29) is 4.90 Å². The Kier molecular flexibility index (Phi) is 5.15. The highest BCUT2D eigenvalue weighted by atomic mass is 79.9. The Morgan fingerprint density at radius 2 is 1.54 bits per heavy atom. The average Bonchev–Trinajstić information content (AvgIpc) is 2.54. The van der Waals surface area contributed by atoms with E-state index in [4.69, 9.17) is 0 Å². The quantitative estimate of drug-likeness (QED) is 0.765. The maximum Gasteiger partial charge on any atom is 0.247 e. The van der Waals surface area contributed by atoms with Crippen molar-refractivity contribution >= 4 is 37.4 Å². The lowest BCUT2D eigenvalue weighted by molar-refractivity contribution is -0.120. The van der Waals surface area contributed by atoms with Gasteiger partial charge in [0.15, 0.2) is 9.84 Å². The SMILES string of the molecule is CN(C(=O)C(C)(C)S(=O)(=O)c1ccc(Br)cc1)c1ccc(F)cc1. The van der Waals surface area contributed by atoms with E-state index in [0.29, 0.717) is 5.69 Å². The molecule has 4 nitrogen and oxygen atoms in total. The molecule has 0 unspecified atom stereocenters. The Balaban J connectivity index is 2.38. The molecule has 0 radical (unpaired) electrons. The fourth-order valence-corrected chi connectivity index (χ4v) is 3.92. The molecule has 0 aliphatic heterocycles. The summed E-state index contributed by atoms with van der Waals surface area (Å²) in [5.74, 6) is -1.03. The molecule has 0 spiro atoms. The molecule has 128 valence electrons. The van der Waals surface area contributed by atoms with Crippen molar-refractivity contribution in [3.63, 3.8) is 0 Å². The number of hydrogen-bond donors (Lipinski definition) is 0. The predicted octanol–water partition coefficient (Wildman–Crippen LogP) is 3.80. The number of carbonyl (C=O) groups is 1. The molecule has 2 aromatic carbocycles. The van der Waals surface area contributed by atoms with Crippen molar-refractivity contribution in [3.05, 3.63) is 58.8 Å². The first kappa shape index (κ1) is 18.6. The number of amides is 1. The predicted molar refractivity (Wildman–Crippen MR) is 95.2 cm³/mol. The summed E-state index contributed by atoms with van der Waals surface area (Å²) < 4.78 is 37.8. The summed E-state index contributed by atoms with van der Waals surface area (Å²) in [6.45, 7) is 2.74. The van der Waals surface area contributed by atoms with Crippen LogP contribution in [-0.2, 0) is 14.6 Å². The highest BCUT2D eigenvalue weighted by Gasteiger charge is 2.44. The summed E-state index contributed by atoms with van der Waals surface area (Å²) in [7, 11) is -2.44. The van der Waals surface area contributed by atoms with Gasteiger partial charge in [-0.2, -0.15) is 0 Å². The van der Waals surface area contributed by atoms with Crippen molar-refractivity contribution in [3.8, 4) is 0 Å². The summed E-state index contributed by atoms with van der Waals surface area (Å²) in [5, 5.41) is 0. The van der Waals surface area contributed by atoms with Crippen LogP contribution in [0.25, 0.3) is 0 Å². The van der Waals surface area contributed by atoms with Crippen molar-refractivity contribution < 1.29 is 17.6 Å². The van der Waals surface area contributed by atoms with Gasteiger partial charge in [-0.3, -0.25) is 4.79 Å². The zero-order valence-electron chi connectivity index (χ0n) is 13.5. The number of sulfone groups is 1. The van der Waals surface area contributed by atoms with Gasteiger partial charge >= 0.3 is 0 Å². The normalized spacial score (nSPS) is 12.0. The zero-order chi connectivity index (χ0) is 18.1. The molecule has 0 atom stereocenters. The minimum Gasteiger partial charge on any atom is -0.314 e. The number of rotatable bonds is 4. The number of hydrogen-bond acceptors (Lipinski definition) is 3. The molecule has 0 aliphatic carbocycles. The lowest BCUT2D eigenvalue weighted by Crippen LogP contribution is -2.48. The Bertz CT molecular complexity index is 846. The van der Waals surface area contributed by atoms with E-state index in [1.165, 1.54) is 62.2 Å². The van der Waals surface area contributed by atoms with Crippen molar-refractivity contribution in [2.45, 2.75) is 23.5 Å². The molecule has 2 rings (SSSR count). The number of nitrogens with zero attached hydrogens (tertiary/aromatic N) is 1. The Morgan fingerprint density at radius 1 is 1.04 bits per heavy atom. The van der Waals surface area contributed by atoms with Crippen LogP contribution in [0.3, 0.4) is 0 Å². The van der Waals surface area contributed by atoms with Crippen LogP contribution in [0, 0.1) is 5.82 Å². The van der Waals surface area contributed by atoms with E-state index in [1.54, 1.807) is 12.1 Å².